The first-order chi connectivity index (χ1) is 14.5. The van der Waals surface area contributed by atoms with Crippen LogP contribution in [0.25, 0.3) is 16.6 Å². The maximum atomic E-state index is 13.8. The van der Waals surface area contributed by atoms with Crippen LogP contribution in [0, 0.1) is 5.82 Å². The van der Waals surface area contributed by atoms with Gasteiger partial charge in [0.2, 0.25) is 5.91 Å². The Morgan fingerprint density at radius 1 is 1.10 bits per heavy atom. The van der Waals surface area contributed by atoms with Crippen molar-refractivity contribution < 1.29 is 9.18 Å². The summed E-state index contributed by atoms with van der Waals surface area (Å²) in [5.74, 6) is -1.09. The van der Waals surface area contributed by atoms with Crippen LogP contribution >= 0.6 is 0 Å². The van der Waals surface area contributed by atoms with Gasteiger partial charge in [-0.1, -0.05) is 44.2 Å². The van der Waals surface area contributed by atoms with Crippen LogP contribution in [0.4, 0.5) is 10.1 Å². The van der Waals surface area contributed by atoms with Crippen LogP contribution < -0.4 is 10.9 Å². The van der Waals surface area contributed by atoms with Crippen LogP contribution in [-0.2, 0) is 11.3 Å². The molecule has 2 heterocycles. The number of amides is 1. The van der Waals surface area contributed by atoms with Crippen LogP contribution in [0.15, 0.2) is 65.6 Å². The summed E-state index contributed by atoms with van der Waals surface area (Å²) in [7, 11) is 0. The Hall–Kier alpha value is -3.81. The predicted octanol–water partition coefficient (Wildman–Crippen LogP) is 3.48. The highest BCUT2D eigenvalue weighted by molar-refractivity contribution is 5.91. The maximum absolute atomic E-state index is 13.8. The zero-order chi connectivity index (χ0) is 21.3. The molecule has 0 unspecified atom stereocenters. The van der Waals surface area contributed by atoms with Gasteiger partial charge in [0.15, 0.2) is 0 Å². The summed E-state index contributed by atoms with van der Waals surface area (Å²) < 4.78 is 16.5. The van der Waals surface area contributed by atoms with Crippen LogP contribution in [0.2, 0.25) is 0 Å². The van der Waals surface area contributed by atoms with Crippen molar-refractivity contribution in [3.8, 4) is 5.69 Å². The molecular weight excluding hydrogens is 385 g/mol. The number of fused-ring (bicyclic) bond motifs is 1. The van der Waals surface area contributed by atoms with E-state index in [2.05, 4.69) is 15.5 Å². The Bertz CT molecular complexity index is 1280. The molecule has 0 atom stereocenters. The number of carbonyl (C=O) groups excluding carboxylic acids is 1. The van der Waals surface area contributed by atoms with Crippen LogP contribution in [0.1, 0.15) is 25.5 Å². The molecule has 30 heavy (non-hydrogen) atoms. The largest absolute Gasteiger partial charge is 0.322 e. The van der Waals surface area contributed by atoms with E-state index in [1.165, 1.54) is 18.2 Å². The molecule has 4 aromatic rings. The standard InChI is InChI=1S/C22H20FN5O2/c1-14(2)20-16-12-24-28(15-8-4-3-5-9-15)21(16)22(30)27(26-20)13-19(29)25-18-11-7-6-10-17(18)23/h3-12,14H,13H2,1-2H3,(H,25,29). The summed E-state index contributed by atoms with van der Waals surface area (Å²) in [6.07, 6.45) is 1.62. The van der Waals surface area contributed by atoms with Crippen molar-refractivity contribution in [2.24, 2.45) is 0 Å². The Morgan fingerprint density at radius 3 is 2.50 bits per heavy atom. The number of aromatic nitrogens is 4. The molecule has 0 aliphatic carbocycles. The van der Waals surface area contributed by atoms with Gasteiger partial charge < -0.3 is 5.32 Å². The molecule has 0 aliphatic heterocycles. The molecule has 0 saturated heterocycles. The number of hydrogen-bond donors (Lipinski definition) is 1. The molecule has 1 amide bonds. The van der Waals surface area contributed by atoms with Crippen molar-refractivity contribution in [1.82, 2.24) is 19.6 Å². The molecular formula is C22H20FN5O2. The minimum absolute atomic E-state index is 0.00222. The summed E-state index contributed by atoms with van der Waals surface area (Å²) in [6, 6.07) is 15.1. The average molecular weight is 405 g/mol. The number of rotatable bonds is 5. The smallest absolute Gasteiger partial charge is 0.293 e. The van der Waals surface area contributed by atoms with E-state index in [1.54, 1.807) is 16.9 Å². The molecule has 2 aromatic heterocycles. The third-order valence-electron chi connectivity index (χ3n) is 4.70. The SMILES string of the molecule is CC(C)c1nn(CC(=O)Nc2ccccc2F)c(=O)c2c1cnn2-c1ccccc1. The van der Waals surface area contributed by atoms with Gasteiger partial charge in [-0.15, -0.1) is 0 Å². The van der Waals surface area contributed by atoms with Gasteiger partial charge in [-0.3, -0.25) is 9.59 Å². The van der Waals surface area contributed by atoms with E-state index in [0.717, 1.165) is 10.4 Å². The highest BCUT2D eigenvalue weighted by atomic mass is 19.1. The molecule has 0 aliphatic rings. The fraction of sp³-hybridized carbons (Fsp3) is 0.182. The minimum Gasteiger partial charge on any atom is -0.322 e. The molecule has 0 fully saturated rings. The van der Waals surface area contributed by atoms with E-state index < -0.39 is 17.3 Å². The second kappa shape index (κ2) is 7.90. The minimum atomic E-state index is -0.549. The lowest BCUT2D eigenvalue weighted by Crippen LogP contribution is -2.31. The van der Waals surface area contributed by atoms with E-state index in [4.69, 9.17) is 0 Å². The number of nitrogens with zero attached hydrogens (tertiary/aromatic N) is 4. The van der Waals surface area contributed by atoms with E-state index in [0.29, 0.717) is 16.6 Å². The van der Waals surface area contributed by atoms with Crippen LogP contribution in [0.5, 0.6) is 0 Å². The number of para-hydroxylation sites is 2. The topological polar surface area (TPSA) is 81.8 Å². The highest BCUT2D eigenvalue weighted by Gasteiger charge is 2.20. The van der Waals surface area contributed by atoms with Gasteiger partial charge in [0.05, 0.1) is 23.3 Å². The number of benzene rings is 2. The van der Waals surface area contributed by atoms with Gasteiger partial charge in [0, 0.05) is 5.39 Å². The van der Waals surface area contributed by atoms with Crippen molar-refractivity contribution in [3.63, 3.8) is 0 Å². The molecule has 4 rings (SSSR count). The van der Waals surface area contributed by atoms with Crippen molar-refractivity contribution in [1.29, 1.82) is 0 Å². The number of nitrogens with one attached hydrogen (secondary N) is 1. The number of halogens is 1. The quantitative estimate of drug-likeness (QED) is 0.551. The molecule has 2 aromatic carbocycles. The third-order valence-corrected chi connectivity index (χ3v) is 4.70. The summed E-state index contributed by atoms with van der Waals surface area (Å²) in [4.78, 5) is 25.7. The predicted molar refractivity (Wildman–Crippen MR) is 112 cm³/mol. The molecule has 0 spiro atoms. The molecule has 7 nitrogen and oxygen atoms in total. The molecule has 1 N–H and O–H groups in total. The fourth-order valence-electron chi connectivity index (χ4n) is 3.28. The highest BCUT2D eigenvalue weighted by Crippen LogP contribution is 2.23. The first kappa shape index (κ1) is 19.5. The van der Waals surface area contributed by atoms with Crippen molar-refractivity contribution in [2.45, 2.75) is 26.3 Å². The second-order valence-corrected chi connectivity index (χ2v) is 7.18. The van der Waals surface area contributed by atoms with Gasteiger partial charge >= 0.3 is 0 Å². The number of carbonyl (C=O) groups is 1. The number of hydrogen-bond acceptors (Lipinski definition) is 4. The average Bonchev–Trinajstić information content (AvgIpc) is 3.17. The third kappa shape index (κ3) is 3.59. The molecule has 0 saturated carbocycles. The Morgan fingerprint density at radius 2 is 1.80 bits per heavy atom. The van der Waals surface area contributed by atoms with E-state index in [-0.39, 0.29) is 18.2 Å². The summed E-state index contributed by atoms with van der Waals surface area (Å²) in [5.41, 5.74) is 1.34. The Labute approximate surface area is 171 Å². The molecule has 0 radical (unpaired) electrons. The zero-order valence-electron chi connectivity index (χ0n) is 16.5. The Balaban J connectivity index is 1.78. The van der Waals surface area contributed by atoms with E-state index in [1.807, 2.05) is 44.2 Å². The fourth-order valence-corrected chi connectivity index (χ4v) is 3.28. The molecule has 0 bridgehead atoms. The van der Waals surface area contributed by atoms with Gasteiger partial charge in [0.1, 0.15) is 17.9 Å². The van der Waals surface area contributed by atoms with Crippen molar-refractivity contribution >= 4 is 22.5 Å². The lowest BCUT2D eigenvalue weighted by atomic mass is 10.1. The summed E-state index contributed by atoms with van der Waals surface area (Å²) in [6.45, 7) is 3.56. The van der Waals surface area contributed by atoms with E-state index >= 15 is 0 Å². The zero-order valence-corrected chi connectivity index (χ0v) is 16.5. The summed E-state index contributed by atoms with van der Waals surface area (Å²) in [5, 5.41) is 11.9. The van der Waals surface area contributed by atoms with E-state index in [9.17, 15) is 14.0 Å². The van der Waals surface area contributed by atoms with Gasteiger partial charge in [0.25, 0.3) is 5.56 Å². The van der Waals surface area contributed by atoms with Gasteiger partial charge in [-0.05, 0) is 30.2 Å². The van der Waals surface area contributed by atoms with Crippen LogP contribution in [0.3, 0.4) is 0 Å². The number of anilines is 1. The molecule has 152 valence electrons. The molecule has 8 heteroatoms. The van der Waals surface area contributed by atoms with Crippen molar-refractivity contribution in [2.75, 3.05) is 5.32 Å². The first-order valence-corrected chi connectivity index (χ1v) is 9.54. The Kier molecular flexibility index (Phi) is 5.14. The second-order valence-electron chi connectivity index (χ2n) is 7.18. The lowest BCUT2D eigenvalue weighted by molar-refractivity contribution is -0.117. The van der Waals surface area contributed by atoms with Crippen LogP contribution in [-0.4, -0.2) is 25.5 Å². The van der Waals surface area contributed by atoms with Gasteiger partial charge in [-0.2, -0.15) is 10.2 Å². The van der Waals surface area contributed by atoms with Gasteiger partial charge in [-0.25, -0.2) is 13.8 Å². The van der Waals surface area contributed by atoms with Crippen molar-refractivity contribution in [3.05, 3.63) is 82.7 Å². The monoisotopic (exact) mass is 405 g/mol. The normalized spacial score (nSPS) is 11.2. The maximum Gasteiger partial charge on any atom is 0.293 e. The first-order valence-electron chi connectivity index (χ1n) is 9.54. The summed E-state index contributed by atoms with van der Waals surface area (Å²) >= 11 is 0. The lowest BCUT2D eigenvalue weighted by Gasteiger charge is -2.12.